The van der Waals surface area contributed by atoms with Gasteiger partial charge in [0.1, 0.15) is 0 Å². The highest BCUT2D eigenvalue weighted by Gasteiger charge is 2.02. The van der Waals surface area contributed by atoms with Crippen molar-refractivity contribution in [3.63, 3.8) is 0 Å². The molecule has 0 saturated heterocycles. The standard InChI is InChI=1S/C20H39NO3/c1-2-3-4-5-6-7-8-9-10-11-12-13-14-16-19(22)21-18-15-17-20(23)24/h2-18H2,1H3,(H,21,22)(H,23,24). The first-order valence-corrected chi connectivity index (χ1v) is 10.1. The van der Waals surface area contributed by atoms with Gasteiger partial charge < -0.3 is 10.4 Å². The number of aliphatic carboxylic acids is 1. The van der Waals surface area contributed by atoms with Crippen LogP contribution in [0, 0.1) is 0 Å². The van der Waals surface area contributed by atoms with E-state index in [4.69, 9.17) is 5.11 Å². The molecule has 0 unspecified atom stereocenters. The third-order valence-corrected chi connectivity index (χ3v) is 4.40. The number of carbonyl (C=O) groups is 2. The van der Waals surface area contributed by atoms with Crippen molar-refractivity contribution in [2.24, 2.45) is 0 Å². The summed E-state index contributed by atoms with van der Waals surface area (Å²) in [6, 6.07) is 0. The lowest BCUT2D eigenvalue weighted by Crippen LogP contribution is -2.24. The molecule has 0 aliphatic rings. The molecule has 142 valence electrons. The molecule has 0 radical (unpaired) electrons. The van der Waals surface area contributed by atoms with E-state index in [-0.39, 0.29) is 12.3 Å². The van der Waals surface area contributed by atoms with E-state index in [0.29, 0.717) is 19.4 Å². The maximum atomic E-state index is 11.5. The molecule has 0 heterocycles. The van der Waals surface area contributed by atoms with Crippen LogP contribution in [0.2, 0.25) is 0 Å². The summed E-state index contributed by atoms with van der Waals surface area (Å²) in [6.45, 7) is 2.73. The van der Waals surface area contributed by atoms with Crippen molar-refractivity contribution in [1.29, 1.82) is 0 Å². The number of hydrogen-bond acceptors (Lipinski definition) is 2. The van der Waals surface area contributed by atoms with Crippen molar-refractivity contribution in [3.05, 3.63) is 0 Å². The smallest absolute Gasteiger partial charge is 0.303 e. The van der Waals surface area contributed by atoms with E-state index in [1.165, 1.54) is 70.6 Å². The summed E-state index contributed by atoms with van der Waals surface area (Å²) in [5.74, 6) is -0.746. The van der Waals surface area contributed by atoms with Crippen LogP contribution in [0.25, 0.3) is 0 Å². The molecule has 0 aliphatic carbocycles. The van der Waals surface area contributed by atoms with Crippen LogP contribution in [-0.4, -0.2) is 23.5 Å². The molecule has 0 aromatic heterocycles. The van der Waals surface area contributed by atoms with Crippen molar-refractivity contribution >= 4 is 11.9 Å². The summed E-state index contributed by atoms with van der Waals surface area (Å²) in [5.41, 5.74) is 0. The Morgan fingerprint density at radius 1 is 0.667 bits per heavy atom. The van der Waals surface area contributed by atoms with Crippen LogP contribution >= 0.6 is 0 Å². The first-order valence-electron chi connectivity index (χ1n) is 10.1. The number of rotatable bonds is 18. The molecule has 0 rings (SSSR count). The molecule has 0 fully saturated rings. The second-order valence-electron chi connectivity index (χ2n) is 6.84. The predicted octanol–water partition coefficient (Wildman–Crippen LogP) is 5.45. The van der Waals surface area contributed by atoms with E-state index in [9.17, 15) is 9.59 Å². The van der Waals surface area contributed by atoms with Gasteiger partial charge in [-0.2, -0.15) is 0 Å². The molecule has 0 bridgehead atoms. The Bertz CT molecular complexity index is 305. The van der Waals surface area contributed by atoms with Gasteiger partial charge in [0.15, 0.2) is 0 Å². The van der Waals surface area contributed by atoms with Crippen LogP contribution in [0.1, 0.15) is 110 Å². The molecule has 0 saturated carbocycles. The van der Waals surface area contributed by atoms with E-state index in [1.54, 1.807) is 0 Å². The zero-order valence-corrected chi connectivity index (χ0v) is 15.8. The molecule has 24 heavy (non-hydrogen) atoms. The monoisotopic (exact) mass is 341 g/mol. The molecule has 0 aromatic rings. The highest BCUT2D eigenvalue weighted by atomic mass is 16.4. The average Bonchev–Trinajstić information content (AvgIpc) is 2.55. The second-order valence-corrected chi connectivity index (χ2v) is 6.84. The van der Waals surface area contributed by atoms with Gasteiger partial charge in [-0.15, -0.1) is 0 Å². The van der Waals surface area contributed by atoms with Gasteiger partial charge in [-0.1, -0.05) is 84.0 Å². The minimum absolute atomic E-state index is 0.0588. The lowest BCUT2D eigenvalue weighted by molar-refractivity contribution is -0.137. The van der Waals surface area contributed by atoms with Gasteiger partial charge >= 0.3 is 5.97 Å². The number of carbonyl (C=O) groups excluding carboxylic acids is 1. The van der Waals surface area contributed by atoms with Gasteiger partial charge in [0.2, 0.25) is 5.91 Å². The average molecular weight is 342 g/mol. The predicted molar refractivity (Wildman–Crippen MR) is 100 cm³/mol. The summed E-state index contributed by atoms with van der Waals surface area (Å²) in [5, 5.41) is 11.3. The Morgan fingerprint density at radius 2 is 1.12 bits per heavy atom. The molecule has 0 aliphatic heterocycles. The van der Waals surface area contributed by atoms with Gasteiger partial charge in [-0.25, -0.2) is 0 Å². The van der Waals surface area contributed by atoms with Crippen molar-refractivity contribution in [3.8, 4) is 0 Å². The van der Waals surface area contributed by atoms with Crippen LogP contribution in [-0.2, 0) is 9.59 Å². The molecular weight excluding hydrogens is 302 g/mol. The topological polar surface area (TPSA) is 66.4 Å². The fraction of sp³-hybridized carbons (Fsp3) is 0.900. The Morgan fingerprint density at radius 3 is 1.58 bits per heavy atom. The van der Waals surface area contributed by atoms with Gasteiger partial charge in [-0.3, -0.25) is 9.59 Å². The van der Waals surface area contributed by atoms with Crippen LogP contribution in [0.5, 0.6) is 0 Å². The van der Waals surface area contributed by atoms with E-state index in [0.717, 1.165) is 12.8 Å². The summed E-state index contributed by atoms with van der Waals surface area (Å²) in [6.07, 6.45) is 18.2. The third kappa shape index (κ3) is 19.0. The molecule has 0 spiro atoms. The zero-order chi connectivity index (χ0) is 17.9. The highest BCUT2D eigenvalue weighted by molar-refractivity contribution is 5.75. The minimum atomic E-state index is -0.805. The maximum Gasteiger partial charge on any atom is 0.303 e. The van der Waals surface area contributed by atoms with Crippen molar-refractivity contribution in [1.82, 2.24) is 5.32 Å². The lowest BCUT2D eigenvalue weighted by atomic mass is 10.0. The second kappa shape index (κ2) is 18.3. The largest absolute Gasteiger partial charge is 0.481 e. The number of carboxylic acid groups (broad SMARTS) is 1. The quantitative estimate of drug-likeness (QED) is 0.326. The number of nitrogens with one attached hydrogen (secondary N) is 1. The van der Waals surface area contributed by atoms with Gasteiger partial charge in [0, 0.05) is 19.4 Å². The molecule has 2 N–H and O–H groups in total. The molecular formula is C20H39NO3. The molecule has 1 amide bonds. The van der Waals surface area contributed by atoms with E-state index >= 15 is 0 Å². The Balaban J connectivity index is 3.14. The number of unbranched alkanes of at least 4 members (excludes halogenated alkanes) is 12. The van der Waals surface area contributed by atoms with Gasteiger partial charge in [0.05, 0.1) is 0 Å². The minimum Gasteiger partial charge on any atom is -0.481 e. The fourth-order valence-corrected chi connectivity index (χ4v) is 2.86. The summed E-state index contributed by atoms with van der Waals surface area (Å²) >= 11 is 0. The van der Waals surface area contributed by atoms with E-state index < -0.39 is 5.97 Å². The van der Waals surface area contributed by atoms with Crippen LogP contribution < -0.4 is 5.32 Å². The van der Waals surface area contributed by atoms with Gasteiger partial charge in [-0.05, 0) is 12.8 Å². The lowest BCUT2D eigenvalue weighted by Gasteiger charge is -2.05. The number of amides is 1. The normalized spacial score (nSPS) is 10.7. The fourth-order valence-electron chi connectivity index (χ4n) is 2.86. The van der Waals surface area contributed by atoms with Crippen LogP contribution in [0.4, 0.5) is 0 Å². The SMILES string of the molecule is CCCCCCCCCCCCCCCC(=O)NCCCC(=O)O. The van der Waals surface area contributed by atoms with E-state index in [2.05, 4.69) is 12.2 Å². The molecule has 0 atom stereocenters. The first kappa shape index (κ1) is 22.9. The summed E-state index contributed by atoms with van der Waals surface area (Å²) in [4.78, 5) is 21.9. The Hall–Kier alpha value is -1.06. The molecule has 4 nitrogen and oxygen atoms in total. The van der Waals surface area contributed by atoms with Crippen LogP contribution in [0.3, 0.4) is 0 Å². The summed E-state index contributed by atoms with van der Waals surface area (Å²) < 4.78 is 0. The first-order chi connectivity index (χ1) is 11.7. The highest BCUT2D eigenvalue weighted by Crippen LogP contribution is 2.12. The van der Waals surface area contributed by atoms with Crippen molar-refractivity contribution < 1.29 is 14.7 Å². The third-order valence-electron chi connectivity index (χ3n) is 4.40. The molecule has 0 aromatic carbocycles. The van der Waals surface area contributed by atoms with Gasteiger partial charge in [0.25, 0.3) is 0 Å². The number of hydrogen-bond donors (Lipinski definition) is 2. The Labute approximate surface area is 148 Å². The van der Waals surface area contributed by atoms with Crippen molar-refractivity contribution in [2.75, 3.05) is 6.54 Å². The van der Waals surface area contributed by atoms with Crippen LogP contribution in [0.15, 0.2) is 0 Å². The maximum absolute atomic E-state index is 11.5. The molecule has 4 heteroatoms. The Kier molecular flexibility index (Phi) is 17.5. The van der Waals surface area contributed by atoms with E-state index in [1.807, 2.05) is 0 Å². The summed E-state index contributed by atoms with van der Waals surface area (Å²) in [7, 11) is 0. The number of carboxylic acids is 1. The zero-order valence-electron chi connectivity index (χ0n) is 15.8. The van der Waals surface area contributed by atoms with Crippen molar-refractivity contribution in [2.45, 2.75) is 110 Å².